The maximum absolute atomic E-state index is 13.0. The van der Waals surface area contributed by atoms with Gasteiger partial charge in [0.2, 0.25) is 0 Å². The van der Waals surface area contributed by atoms with Gasteiger partial charge in [-0.1, -0.05) is 19.0 Å². The number of amides is 1. The smallest absolute Gasteiger partial charge is 0.259 e. The summed E-state index contributed by atoms with van der Waals surface area (Å²) in [6.45, 7) is 7.52. The summed E-state index contributed by atoms with van der Waals surface area (Å²) in [6.07, 6.45) is 1.96. The fourth-order valence-electron chi connectivity index (χ4n) is 3.12. The molecular weight excluding hydrogens is 292 g/mol. The molecule has 124 valence electrons. The lowest BCUT2D eigenvalue weighted by atomic mass is 10.0. The van der Waals surface area contributed by atoms with Crippen molar-refractivity contribution in [3.05, 3.63) is 23.0 Å². The second-order valence-electron chi connectivity index (χ2n) is 6.55. The average molecular weight is 316 g/mol. The minimum absolute atomic E-state index is 0.0557. The van der Waals surface area contributed by atoms with E-state index >= 15 is 0 Å². The van der Waals surface area contributed by atoms with E-state index < -0.39 is 0 Å². The molecule has 2 aromatic rings. The number of carbonyl (C=O) groups is 1. The van der Waals surface area contributed by atoms with Gasteiger partial charge >= 0.3 is 0 Å². The predicted molar refractivity (Wildman–Crippen MR) is 88.6 cm³/mol. The zero-order valence-electron chi connectivity index (χ0n) is 14.2. The van der Waals surface area contributed by atoms with Crippen molar-refractivity contribution in [2.45, 2.75) is 45.6 Å². The monoisotopic (exact) mass is 316 g/mol. The van der Waals surface area contributed by atoms with Gasteiger partial charge in [-0.2, -0.15) is 0 Å². The van der Waals surface area contributed by atoms with Crippen LogP contribution >= 0.6 is 0 Å². The summed E-state index contributed by atoms with van der Waals surface area (Å²) < 4.78 is 5.31. The molecule has 0 spiro atoms. The Balaban J connectivity index is 1.97. The van der Waals surface area contributed by atoms with Gasteiger partial charge in [-0.15, -0.1) is 0 Å². The van der Waals surface area contributed by atoms with E-state index in [1.807, 2.05) is 24.9 Å². The van der Waals surface area contributed by atoms with Gasteiger partial charge in [0, 0.05) is 24.8 Å². The number of fused-ring (bicyclic) bond motifs is 1. The molecule has 0 bridgehead atoms. The maximum atomic E-state index is 13.0. The molecule has 1 saturated heterocycles. The van der Waals surface area contributed by atoms with E-state index in [0.717, 1.165) is 42.7 Å². The van der Waals surface area contributed by atoms with E-state index in [-0.39, 0.29) is 11.8 Å². The third kappa shape index (κ3) is 2.95. The number of hydrogen-bond donors (Lipinski definition) is 1. The van der Waals surface area contributed by atoms with Crippen molar-refractivity contribution in [2.75, 3.05) is 20.1 Å². The number of piperidine rings is 1. The lowest BCUT2D eigenvalue weighted by molar-refractivity contribution is 0.0709. The first-order valence-electron chi connectivity index (χ1n) is 8.24. The third-order valence-corrected chi connectivity index (χ3v) is 4.65. The minimum atomic E-state index is 0.0557. The number of carbonyl (C=O) groups excluding carboxylic acids is 1. The van der Waals surface area contributed by atoms with Crippen LogP contribution in [0.25, 0.3) is 11.1 Å². The SMILES string of the molecule is CNC1CCN(C(=O)c2cc(C(C)C)nc3onc(C)c23)CC1. The van der Waals surface area contributed by atoms with Crippen LogP contribution in [0, 0.1) is 6.92 Å². The van der Waals surface area contributed by atoms with Crippen LogP contribution in [0.15, 0.2) is 10.6 Å². The van der Waals surface area contributed by atoms with Crippen molar-refractivity contribution < 1.29 is 9.32 Å². The number of nitrogens with zero attached hydrogens (tertiary/aromatic N) is 3. The second-order valence-corrected chi connectivity index (χ2v) is 6.55. The Labute approximate surface area is 136 Å². The quantitative estimate of drug-likeness (QED) is 0.942. The summed E-state index contributed by atoms with van der Waals surface area (Å²) in [5, 5.41) is 8.03. The third-order valence-electron chi connectivity index (χ3n) is 4.65. The Morgan fingerprint density at radius 1 is 1.39 bits per heavy atom. The molecule has 2 aromatic heterocycles. The van der Waals surface area contributed by atoms with Crippen LogP contribution in [0.1, 0.15) is 54.4 Å². The molecule has 23 heavy (non-hydrogen) atoms. The summed E-state index contributed by atoms with van der Waals surface area (Å²) in [6, 6.07) is 2.41. The van der Waals surface area contributed by atoms with E-state index in [0.29, 0.717) is 17.3 Å². The first kappa shape index (κ1) is 15.9. The molecule has 3 rings (SSSR count). The fraction of sp³-hybridized carbons (Fsp3) is 0.588. The zero-order valence-corrected chi connectivity index (χ0v) is 14.2. The predicted octanol–water partition coefficient (Wildman–Crippen LogP) is 2.48. The Morgan fingerprint density at radius 3 is 2.70 bits per heavy atom. The molecule has 0 aromatic carbocycles. The highest BCUT2D eigenvalue weighted by molar-refractivity contribution is 6.06. The summed E-state index contributed by atoms with van der Waals surface area (Å²) in [7, 11) is 1.98. The van der Waals surface area contributed by atoms with E-state index in [1.54, 1.807) is 0 Å². The Bertz CT molecular complexity index is 715. The van der Waals surface area contributed by atoms with Gasteiger partial charge in [0.1, 0.15) is 0 Å². The van der Waals surface area contributed by atoms with Gasteiger partial charge in [-0.3, -0.25) is 4.79 Å². The van der Waals surface area contributed by atoms with Crippen LogP contribution < -0.4 is 5.32 Å². The van der Waals surface area contributed by atoms with E-state index in [2.05, 4.69) is 29.3 Å². The highest BCUT2D eigenvalue weighted by atomic mass is 16.5. The van der Waals surface area contributed by atoms with Crippen LogP contribution in [0.4, 0.5) is 0 Å². The highest BCUT2D eigenvalue weighted by Crippen LogP contribution is 2.27. The molecule has 0 unspecified atom stereocenters. The summed E-state index contributed by atoms with van der Waals surface area (Å²) in [5.74, 6) is 0.284. The molecule has 0 aliphatic carbocycles. The number of rotatable bonds is 3. The van der Waals surface area contributed by atoms with Crippen molar-refractivity contribution in [3.8, 4) is 0 Å². The Morgan fingerprint density at radius 2 is 2.09 bits per heavy atom. The molecule has 1 fully saturated rings. The van der Waals surface area contributed by atoms with Crippen LogP contribution in [-0.2, 0) is 0 Å². The van der Waals surface area contributed by atoms with Crippen molar-refractivity contribution in [3.63, 3.8) is 0 Å². The topological polar surface area (TPSA) is 71.3 Å². The highest BCUT2D eigenvalue weighted by Gasteiger charge is 2.26. The fourth-order valence-corrected chi connectivity index (χ4v) is 3.12. The summed E-state index contributed by atoms with van der Waals surface area (Å²) in [4.78, 5) is 19.5. The van der Waals surface area contributed by atoms with Crippen LogP contribution in [-0.4, -0.2) is 47.1 Å². The van der Waals surface area contributed by atoms with Gasteiger partial charge in [0.05, 0.1) is 16.6 Å². The Hall–Kier alpha value is -1.95. The van der Waals surface area contributed by atoms with Gasteiger partial charge in [0.15, 0.2) is 0 Å². The van der Waals surface area contributed by atoms with Crippen LogP contribution in [0.3, 0.4) is 0 Å². The zero-order chi connectivity index (χ0) is 16.6. The van der Waals surface area contributed by atoms with Gasteiger partial charge in [-0.25, -0.2) is 4.98 Å². The number of likely N-dealkylation sites (tertiary alicyclic amines) is 1. The maximum Gasteiger partial charge on any atom is 0.259 e. The van der Waals surface area contributed by atoms with Crippen molar-refractivity contribution in [2.24, 2.45) is 0 Å². The van der Waals surface area contributed by atoms with Crippen LogP contribution in [0.2, 0.25) is 0 Å². The van der Waals surface area contributed by atoms with Crippen molar-refractivity contribution in [1.29, 1.82) is 0 Å². The molecular formula is C17H24N4O2. The normalized spacial score (nSPS) is 16.5. The van der Waals surface area contributed by atoms with Crippen LogP contribution in [0.5, 0.6) is 0 Å². The molecule has 0 atom stereocenters. The van der Waals surface area contributed by atoms with E-state index in [4.69, 9.17) is 4.52 Å². The number of aromatic nitrogens is 2. The number of pyridine rings is 1. The second kappa shape index (κ2) is 6.28. The molecule has 1 aliphatic rings. The number of hydrogen-bond acceptors (Lipinski definition) is 5. The standard InChI is InChI=1S/C17H24N4O2/c1-10(2)14-9-13(15-11(3)20-23-16(15)19-14)17(22)21-7-5-12(18-4)6-8-21/h9-10,12,18H,5-8H2,1-4H3. The molecule has 3 heterocycles. The molecule has 6 heteroatoms. The van der Waals surface area contributed by atoms with E-state index in [9.17, 15) is 4.79 Å². The van der Waals surface area contributed by atoms with Gasteiger partial charge in [-0.05, 0) is 38.8 Å². The Kier molecular flexibility index (Phi) is 4.35. The van der Waals surface area contributed by atoms with E-state index in [1.165, 1.54) is 0 Å². The molecule has 0 radical (unpaired) electrons. The number of aryl methyl sites for hydroxylation is 1. The summed E-state index contributed by atoms with van der Waals surface area (Å²) >= 11 is 0. The lowest BCUT2D eigenvalue weighted by Gasteiger charge is -2.32. The van der Waals surface area contributed by atoms with Gasteiger partial charge < -0.3 is 14.7 Å². The molecule has 0 saturated carbocycles. The minimum Gasteiger partial charge on any atom is -0.339 e. The average Bonchev–Trinajstić information content (AvgIpc) is 2.95. The van der Waals surface area contributed by atoms with Crippen molar-refractivity contribution in [1.82, 2.24) is 20.4 Å². The first-order chi connectivity index (χ1) is 11.0. The first-order valence-corrected chi connectivity index (χ1v) is 8.24. The molecule has 6 nitrogen and oxygen atoms in total. The largest absolute Gasteiger partial charge is 0.339 e. The molecule has 1 aliphatic heterocycles. The van der Waals surface area contributed by atoms with Gasteiger partial charge in [0.25, 0.3) is 11.6 Å². The molecule has 1 N–H and O–H groups in total. The summed E-state index contributed by atoms with van der Waals surface area (Å²) in [5.41, 5.74) is 2.71. The van der Waals surface area contributed by atoms with Crippen molar-refractivity contribution >= 4 is 17.0 Å². The lowest BCUT2D eigenvalue weighted by Crippen LogP contribution is -2.44. The molecule has 1 amide bonds. The number of nitrogens with one attached hydrogen (secondary N) is 1.